The van der Waals surface area contributed by atoms with E-state index in [2.05, 4.69) is 5.32 Å². The Hall–Kier alpha value is -2.27. The lowest BCUT2D eigenvalue weighted by Gasteiger charge is -2.10. The summed E-state index contributed by atoms with van der Waals surface area (Å²) in [7, 11) is 1.52. The highest BCUT2D eigenvalue weighted by atomic mass is 35.5. The number of hydrogen-bond acceptors (Lipinski definition) is 3. The number of carboxylic acids is 1. The highest BCUT2D eigenvalue weighted by Gasteiger charge is 2.08. The summed E-state index contributed by atoms with van der Waals surface area (Å²) >= 11 is 6.00. The van der Waals surface area contributed by atoms with Crippen molar-refractivity contribution in [2.45, 2.75) is 6.54 Å². The average molecular weight is 310 g/mol. The highest BCUT2D eigenvalue weighted by Crippen LogP contribution is 2.25. The maximum absolute atomic E-state index is 13.6. The fourth-order valence-corrected chi connectivity index (χ4v) is 2.09. The van der Waals surface area contributed by atoms with E-state index in [0.29, 0.717) is 17.3 Å². The van der Waals surface area contributed by atoms with Crippen molar-refractivity contribution in [2.24, 2.45) is 0 Å². The van der Waals surface area contributed by atoms with Gasteiger partial charge in [-0.2, -0.15) is 0 Å². The number of aromatic carboxylic acids is 1. The van der Waals surface area contributed by atoms with Gasteiger partial charge in [-0.3, -0.25) is 0 Å². The summed E-state index contributed by atoms with van der Waals surface area (Å²) in [6.45, 7) is 0.309. The van der Waals surface area contributed by atoms with Crippen LogP contribution in [0.2, 0.25) is 5.02 Å². The summed E-state index contributed by atoms with van der Waals surface area (Å²) in [5.41, 5.74) is 0.967. The van der Waals surface area contributed by atoms with Crippen LogP contribution in [-0.4, -0.2) is 18.2 Å². The van der Waals surface area contributed by atoms with E-state index in [-0.39, 0.29) is 11.3 Å². The first-order chi connectivity index (χ1) is 10.0. The van der Waals surface area contributed by atoms with Gasteiger partial charge in [-0.1, -0.05) is 17.7 Å². The number of carboxylic acid groups (broad SMARTS) is 1. The fourth-order valence-electron chi connectivity index (χ4n) is 1.81. The molecule has 6 heteroatoms. The molecule has 0 spiro atoms. The number of nitrogens with one attached hydrogen (secondary N) is 1. The Morgan fingerprint density at radius 1 is 1.33 bits per heavy atom. The smallest absolute Gasteiger partial charge is 0.335 e. The van der Waals surface area contributed by atoms with Crippen LogP contribution in [0.4, 0.5) is 10.1 Å². The van der Waals surface area contributed by atoms with Crippen LogP contribution in [0.3, 0.4) is 0 Å². The van der Waals surface area contributed by atoms with Gasteiger partial charge in [0.05, 0.1) is 23.4 Å². The van der Waals surface area contributed by atoms with Gasteiger partial charge in [0, 0.05) is 6.54 Å². The zero-order valence-corrected chi connectivity index (χ0v) is 11.9. The number of hydrogen-bond donors (Lipinski definition) is 2. The molecule has 0 aromatic heterocycles. The number of rotatable bonds is 5. The molecule has 0 radical (unpaired) electrons. The minimum Gasteiger partial charge on any atom is -0.495 e. The molecule has 2 rings (SSSR count). The summed E-state index contributed by atoms with van der Waals surface area (Å²) < 4.78 is 18.7. The topological polar surface area (TPSA) is 58.6 Å². The molecule has 0 heterocycles. The largest absolute Gasteiger partial charge is 0.495 e. The molecule has 4 nitrogen and oxygen atoms in total. The molecule has 0 saturated carbocycles. The van der Waals surface area contributed by atoms with E-state index in [9.17, 15) is 9.18 Å². The summed E-state index contributed by atoms with van der Waals surface area (Å²) in [5, 5.41) is 12.2. The van der Waals surface area contributed by atoms with Crippen LogP contribution in [-0.2, 0) is 6.54 Å². The molecule has 0 aliphatic rings. The number of benzene rings is 2. The molecule has 0 amide bonds. The zero-order valence-electron chi connectivity index (χ0n) is 11.2. The van der Waals surface area contributed by atoms with Gasteiger partial charge in [0.1, 0.15) is 11.6 Å². The van der Waals surface area contributed by atoms with Gasteiger partial charge >= 0.3 is 5.97 Å². The van der Waals surface area contributed by atoms with Crippen LogP contribution in [0.25, 0.3) is 0 Å². The van der Waals surface area contributed by atoms with Crippen LogP contribution in [0.5, 0.6) is 5.75 Å². The van der Waals surface area contributed by atoms with E-state index in [1.165, 1.54) is 19.2 Å². The third-order valence-corrected chi connectivity index (χ3v) is 3.21. The normalized spacial score (nSPS) is 10.2. The molecule has 21 heavy (non-hydrogen) atoms. The number of anilines is 1. The van der Waals surface area contributed by atoms with Crippen LogP contribution >= 0.6 is 11.6 Å². The fraction of sp³-hybridized carbons (Fsp3) is 0.133. The third kappa shape index (κ3) is 3.64. The molecule has 0 unspecified atom stereocenters. The second-order valence-electron chi connectivity index (χ2n) is 4.32. The maximum atomic E-state index is 13.6. The van der Waals surface area contributed by atoms with Crippen molar-refractivity contribution in [1.29, 1.82) is 0 Å². The number of methoxy groups -OCH3 is 1. The lowest BCUT2D eigenvalue weighted by atomic mass is 10.1. The standard InChI is InChI=1S/C15H13ClFNO3/c1-21-14-5-2-9(6-11(14)16)8-18-13-7-10(15(19)20)3-4-12(13)17/h2-7,18H,8H2,1H3,(H,19,20). The van der Waals surface area contributed by atoms with E-state index in [0.717, 1.165) is 11.6 Å². The van der Waals surface area contributed by atoms with Crippen molar-refractivity contribution in [3.8, 4) is 5.75 Å². The van der Waals surface area contributed by atoms with Crippen molar-refractivity contribution in [3.05, 3.63) is 58.4 Å². The molecule has 2 aromatic carbocycles. The first-order valence-electron chi connectivity index (χ1n) is 6.10. The SMILES string of the molecule is COc1ccc(CNc2cc(C(=O)O)ccc2F)cc1Cl. The molecule has 2 aromatic rings. The molecular formula is C15H13ClFNO3. The van der Waals surface area contributed by atoms with E-state index in [1.54, 1.807) is 18.2 Å². The van der Waals surface area contributed by atoms with Crippen LogP contribution in [0.15, 0.2) is 36.4 Å². The Kier molecular flexibility index (Phi) is 4.65. The minimum atomic E-state index is -1.11. The molecule has 0 fully saturated rings. The lowest BCUT2D eigenvalue weighted by molar-refractivity contribution is 0.0697. The highest BCUT2D eigenvalue weighted by molar-refractivity contribution is 6.32. The predicted molar refractivity (Wildman–Crippen MR) is 78.7 cm³/mol. The van der Waals surface area contributed by atoms with Gasteiger partial charge < -0.3 is 15.2 Å². The minimum absolute atomic E-state index is 0.0201. The monoisotopic (exact) mass is 309 g/mol. The second-order valence-corrected chi connectivity index (χ2v) is 4.73. The predicted octanol–water partition coefficient (Wildman–Crippen LogP) is 3.80. The molecule has 0 bridgehead atoms. The van der Waals surface area contributed by atoms with Crippen molar-refractivity contribution in [2.75, 3.05) is 12.4 Å². The van der Waals surface area contributed by atoms with Crippen LogP contribution in [0.1, 0.15) is 15.9 Å². The summed E-state index contributed by atoms with van der Waals surface area (Å²) in [6.07, 6.45) is 0. The van der Waals surface area contributed by atoms with Crippen LogP contribution in [0, 0.1) is 5.82 Å². The zero-order chi connectivity index (χ0) is 15.4. The van der Waals surface area contributed by atoms with Gasteiger partial charge in [-0.05, 0) is 35.9 Å². The molecule has 0 aliphatic carbocycles. The summed E-state index contributed by atoms with van der Waals surface area (Å²) in [6, 6.07) is 8.79. The Labute approximate surface area is 126 Å². The van der Waals surface area contributed by atoms with Gasteiger partial charge in [0.15, 0.2) is 0 Å². The summed E-state index contributed by atoms with van der Waals surface area (Å²) in [4.78, 5) is 10.9. The Bertz CT molecular complexity index is 676. The van der Waals surface area contributed by atoms with Crippen molar-refractivity contribution in [1.82, 2.24) is 0 Å². The second kappa shape index (κ2) is 6.45. The number of ether oxygens (including phenoxy) is 1. The van der Waals surface area contributed by atoms with E-state index in [4.69, 9.17) is 21.4 Å². The molecule has 0 aliphatic heterocycles. The molecule has 0 saturated heterocycles. The van der Waals surface area contributed by atoms with Gasteiger partial charge in [0.2, 0.25) is 0 Å². The lowest BCUT2D eigenvalue weighted by Crippen LogP contribution is -2.04. The first-order valence-corrected chi connectivity index (χ1v) is 6.48. The van der Waals surface area contributed by atoms with Crippen molar-refractivity contribution >= 4 is 23.3 Å². The van der Waals surface area contributed by atoms with E-state index >= 15 is 0 Å². The third-order valence-electron chi connectivity index (χ3n) is 2.91. The van der Waals surface area contributed by atoms with Crippen molar-refractivity contribution in [3.63, 3.8) is 0 Å². The van der Waals surface area contributed by atoms with E-state index < -0.39 is 11.8 Å². The van der Waals surface area contributed by atoms with Crippen LogP contribution < -0.4 is 10.1 Å². The average Bonchev–Trinajstić information content (AvgIpc) is 2.46. The Morgan fingerprint density at radius 3 is 2.71 bits per heavy atom. The first kappa shape index (κ1) is 15.1. The van der Waals surface area contributed by atoms with E-state index in [1.807, 2.05) is 0 Å². The maximum Gasteiger partial charge on any atom is 0.335 e. The summed E-state index contributed by atoms with van der Waals surface area (Å²) in [5.74, 6) is -1.07. The molecule has 110 valence electrons. The van der Waals surface area contributed by atoms with Gasteiger partial charge in [-0.15, -0.1) is 0 Å². The number of carbonyl (C=O) groups is 1. The Balaban J connectivity index is 2.14. The molecule has 2 N–H and O–H groups in total. The number of halogens is 2. The van der Waals surface area contributed by atoms with Gasteiger partial charge in [-0.25, -0.2) is 9.18 Å². The van der Waals surface area contributed by atoms with Crippen molar-refractivity contribution < 1.29 is 19.0 Å². The molecular weight excluding hydrogens is 297 g/mol. The quantitative estimate of drug-likeness (QED) is 0.882. The Morgan fingerprint density at radius 2 is 2.10 bits per heavy atom. The molecule has 0 atom stereocenters. The van der Waals surface area contributed by atoms with Gasteiger partial charge in [0.25, 0.3) is 0 Å².